The van der Waals surface area contributed by atoms with Crippen LogP contribution >= 0.6 is 0 Å². The van der Waals surface area contributed by atoms with Crippen LogP contribution in [0.1, 0.15) is 303 Å². The molecule has 0 aliphatic rings. The number of unbranched alkanes of at least 4 members (excludes halogenated alkanes) is 33. The molecule has 0 aromatic carbocycles. The third-order valence-electron chi connectivity index (χ3n) is 13.0. The minimum absolute atomic E-state index is 0.0802. The molecule has 6 heteroatoms. The normalized spacial score (nSPS) is 12.4. The van der Waals surface area contributed by atoms with Crippen molar-refractivity contribution in [3.8, 4) is 0 Å². The van der Waals surface area contributed by atoms with Gasteiger partial charge in [-0.1, -0.05) is 268 Å². The van der Waals surface area contributed by atoms with Crippen molar-refractivity contribution in [2.75, 3.05) is 13.2 Å². The van der Waals surface area contributed by atoms with Gasteiger partial charge in [0, 0.05) is 19.3 Å². The van der Waals surface area contributed by atoms with Gasteiger partial charge in [0.2, 0.25) is 0 Å². The number of carbonyl (C=O) groups excluding carboxylic acids is 3. The summed E-state index contributed by atoms with van der Waals surface area (Å²) in [7, 11) is 0. The molecular weight excluding hydrogens is 853 g/mol. The van der Waals surface area contributed by atoms with Crippen molar-refractivity contribution in [3.05, 3.63) is 60.8 Å². The molecule has 0 spiro atoms. The van der Waals surface area contributed by atoms with E-state index >= 15 is 0 Å². The molecule has 0 N–H and O–H groups in total. The minimum Gasteiger partial charge on any atom is -0.462 e. The zero-order chi connectivity index (χ0) is 50.0. The molecule has 0 radical (unpaired) electrons. The smallest absolute Gasteiger partial charge is 0.306 e. The van der Waals surface area contributed by atoms with Crippen molar-refractivity contribution in [3.63, 3.8) is 0 Å². The molecule has 69 heavy (non-hydrogen) atoms. The summed E-state index contributed by atoms with van der Waals surface area (Å²) in [6, 6.07) is 0. The Kier molecular flexibility index (Phi) is 55.3. The summed E-state index contributed by atoms with van der Waals surface area (Å²) in [6.07, 6.45) is 72.1. The van der Waals surface area contributed by atoms with E-state index in [4.69, 9.17) is 14.2 Å². The Morgan fingerprint density at radius 3 is 0.928 bits per heavy atom. The Balaban J connectivity index is 4.35. The molecule has 0 aliphatic heterocycles. The number of carbonyl (C=O) groups is 3. The summed E-state index contributed by atoms with van der Waals surface area (Å²) < 4.78 is 16.9. The van der Waals surface area contributed by atoms with Crippen molar-refractivity contribution < 1.29 is 28.6 Å². The number of esters is 3. The molecule has 0 fully saturated rings. The molecule has 0 bridgehead atoms. The zero-order valence-electron chi connectivity index (χ0n) is 45.8. The van der Waals surface area contributed by atoms with Crippen LogP contribution in [-0.4, -0.2) is 37.2 Å². The van der Waals surface area contributed by atoms with E-state index in [0.717, 1.165) is 103 Å². The van der Waals surface area contributed by atoms with E-state index in [-0.39, 0.29) is 31.1 Å². The van der Waals surface area contributed by atoms with Crippen molar-refractivity contribution >= 4 is 17.9 Å². The van der Waals surface area contributed by atoms with Crippen LogP contribution in [0.15, 0.2) is 60.8 Å². The monoisotopic (exact) mass is 965 g/mol. The lowest BCUT2D eigenvalue weighted by Crippen LogP contribution is -2.30. The summed E-state index contributed by atoms with van der Waals surface area (Å²) in [5, 5.41) is 0. The lowest BCUT2D eigenvalue weighted by atomic mass is 10.0. The number of rotatable bonds is 54. The highest BCUT2D eigenvalue weighted by Crippen LogP contribution is 2.17. The first-order valence-corrected chi connectivity index (χ1v) is 29.8. The summed E-state index contributed by atoms with van der Waals surface area (Å²) in [5.74, 6) is -0.891. The van der Waals surface area contributed by atoms with Gasteiger partial charge in [-0.2, -0.15) is 0 Å². The SMILES string of the molecule is CC/C=C\C/C=C\C/C=C\CCCCCCCCCC(=O)OC(COC(=O)CCCCCCC/C=C\C/C=C\CCCC)COC(=O)CCCCCCCCCCCCCCCCCCCCCC. The summed E-state index contributed by atoms with van der Waals surface area (Å²) in [4.78, 5) is 38.2. The van der Waals surface area contributed by atoms with Crippen LogP contribution < -0.4 is 0 Å². The van der Waals surface area contributed by atoms with Crippen LogP contribution in [0.2, 0.25) is 0 Å². The quantitative estimate of drug-likeness (QED) is 0.0262. The van der Waals surface area contributed by atoms with E-state index in [9.17, 15) is 14.4 Å². The van der Waals surface area contributed by atoms with Crippen LogP contribution in [0.3, 0.4) is 0 Å². The molecule has 6 nitrogen and oxygen atoms in total. The molecule has 0 saturated carbocycles. The average Bonchev–Trinajstić information content (AvgIpc) is 3.35. The van der Waals surface area contributed by atoms with E-state index in [0.29, 0.717) is 19.3 Å². The zero-order valence-corrected chi connectivity index (χ0v) is 45.8. The Morgan fingerprint density at radius 1 is 0.304 bits per heavy atom. The fraction of sp³-hybridized carbons (Fsp3) is 0.794. The number of ether oxygens (including phenoxy) is 3. The third kappa shape index (κ3) is 55.9. The maximum Gasteiger partial charge on any atom is 0.306 e. The van der Waals surface area contributed by atoms with Gasteiger partial charge >= 0.3 is 17.9 Å². The van der Waals surface area contributed by atoms with Gasteiger partial charge in [-0.05, 0) is 77.0 Å². The number of allylic oxidation sites excluding steroid dienone is 10. The highest BCUT2D eigenvalue weighted by atomic mass is 16.6. The fourth-order valence-electron chi connectivity index (χ4n) is 8.53. The lowest BCUT2D eigenvalue weighted by Gasteiger charge is -2.18. The first kappa shape index (κ1) is 66.1. The Hall–Kier alpha value is -2.89. The predicted molar refractivity (Wildman–Crippen MR) is 298 cm³/mol. The van der Waals surface area contributed by atoms with E-state index in [1.54, 1.807) is 0 Å². The van der Waals surface area contributed by atoms with Crippen LogP contribution in [0.4, 0.5) is 0 Å². The molecule has 0 aromatic heterocycles. The van der Waals surface area contributed by atoms with Crippen LogP contribution in [0.25, 0.3) is 0 Å². The van der Waals surface area contributed by atoms with Crippen molar-refractivity contribution in [1.29, 1.82) is 0 Å². The second-order valence-corrected chi connectivity index (χ2v) is 19.9. The van der Waals surface area contributed by atoms with Gasteiger partial charge in [-0.3, -0.25) is 14.4 Å². The summed E-state index contributed by atoms with van der Waals surface area (Å²) in [6.45, 7) is 6.51. The predicted octanol–water partition coefficient (Wildman–Crippen LogP) is 20.0. The standard InChI is InChI=1S/C63H112O6/c1-4-7-10-13-16-19-22-25-28-30-31-32-34-35-38-41-44-47-50-53-56-62(65)68-59-60(58-67-61(64)55-52-49-46-43-40-37-27-24-21-18-15-12-9-6-3)69-63(66)57-54-51-48-45-42-39-36-33-29-26-23-20-17-14-11-8-5-2/h8,11,15,17-18,20,24,26-27,29,60H,4-7,9-10,12-14,16,19,21-23,25,28,30-59H2,1-3H3/b11-8-,18-15-,20-17-,27-24-,29-26-. The Morgan fingerprint density at radius 2 is 0.580 bits per heavy atom. The number of hydrogen-bond acceptors (Lipinski definition) is 6. The van der Waals surface area contributed by atoms with Gasteiger partial charge in [0.1, 0.15) is 13.2 Å². The first-order chi connectivity index (χ1) is 34.0. The summed E-state index contributed by atoms with van der Waals surface area (Å²) in [5.41, 5.74) is 0. The molecular formula is C63H112O6. The molecule has 0 saturated heterocycles. The molecule has 1 unspecified atom stereocenters. The molecule has 0 rings (SSSR count). The van der Waals surface area contributed by atoms with E-state index in [2.05, 4.69) is 81.5 Å². The second-order valence-electron chi connectivity index (χ2n) is 19.9. The van der Waals surface area contributed by atoms with Crippen molar-refractivity contribution in [1.82, 2.24) is 0 Å². The van der Waals surface area contributed by atoms with Crippen LogP contribution in [-0.2, 0) is 28.6 Å². The average molecular weight is 966 g/mol. The Labute approximate surface area is 428 Å². The molecule has 0 aliphatic carbocycles. The molecule has 0 heterocycles. The van der Waals surface area contributed by atoms with Gasteiger partial charge in [-0.25, -0.2) is 0 Å². The maximum absolute atomic E-state index is 12.9. The molecule has 0 amide bonds. The van der Waals surface area contributed by atoms with Gasteiger partial charge in [0.15, 0.2) is 6.10 Å². The van der Waals surface area contributed by atoms with E-state index in [1.165, 1.54) is 161 Å². The fourth-order valence-corrected chi connectivity index (χ4v) is 8.53. The summed E-state index contributed by atoms with van der Waals surface area (Å²) >= 11 is 0. The highest BCUT2D eigenvalue weighted by Gasteiger charge is 2.19. The lowest BCUT2D eigenvalue weighted by molar-refractivity contribution is -0.167. The minimum atomic E-state index is -0.784. The van der Waals surface area contributed by atoms with Gasteiger partial charge in [0.05, 0.1) is 0 Å². The van der Waals surface area contributed by atoms with Crippen LogP contribution in [0.5, 0.6) is 0 Å². The van der Waals surface area contributed by atoms with Crippen molar-refractivity contribution in [2.45, 2.75) is 309 Å². The molecule has 400 valence electrons. The van der Waals surface area contributed by atoms with Crippen LogP contribution in [0, 0.1) is 0 Å². The van der Waals surface area contributed by atoms with E-state index < -0.39 is 6.10 Å². The highest BCUT2D eigenvalue weighted by molar-refractivity contribution is 5.71. The molecule has 1 atom stereocenters. The van der Waals surface area contributed by atoms with Gasteiger partial charge in [-0.15, -0.1) is 0 Å². The van der Waals surface area contributed by atoms with Gasteiger partial charge < -0.3 is 14.2 Å². The van der Waals surface area contributed by atoms with Crippen molar-refractivity contribution in [2.24, 2.45) is 0 Å². The van der Waals surface area contributed by atoms with Gasteiger partial charge in [0.25, 0.3) is 0 Å². The van der Waals surface area contributed by atoms with E-state index in [1.807, 2.05) is 0 Å². The topological polar surface area (TPSA) is 78.9 Å². The molecule has 0 aromatic rings. The number of hydrogen-bond donors (Lipinski definition) is 0. The third-order valence-corrected chi connectivity index (χ3v) is 13.0. The maximum atomic E-state index is 12.9. The Bertz CT molecular complexity index is 1250. The first-order valence-electron chi connectivity index (χ1n) is 29.8. The largest absolute Gasteiger partial charge is 0.462 e. The second kappa shape index (κ2) is 57.7.